The molecule has 2 amide bonds. The Morgan fingerprint density at radius 3 is 2.38 bits per heavy atom. The molecule has 1 atom stereocenters. The number of carbonyl (C=O) groups excluding carboxylic acids is 3. The Balaban J connectivity index is 2.23. The molecule has 2 N–H and O–H groups in total. The van der Waals surface area contributed by atoms with E-state index in [1.54, 1.807) is 48.5 Å². The molecular weight excluding hydrogens is 356 g/mol. The fourth-order valence-corrected chi connectivity index (χ4v) is 2.65. The van der Waals surface area contributed by atoms with Crippen molar-refractivity contribution in [1.82, 2.24) is 5.32 Å². The lowest BCUT2D eigenvalue weighted by Gasteiger charge is -2.18. The maximum Gasteiger partial charge on any atom is 0.328 e. The highest BCUT2D eigenvalue weighted by Gasteiger charge is 2.24. The van der Waals surface area contributed by atoms with Gasteiger partial charge in [0.2, 0.25) is 5.91 Å². The highest BCUT2D eigenvalue weighted by Crippen LogP contribution is 2.19. The van der Waals surface area contributed by atoms with Gasteiger partial charge in [-0.3, -0.25) is 9.59 Å². The van der Waals surface area contributed by atoms with Gasteiger partial charge in [-0.15, -0.1) is 0 Å². The van der Waals surface area contributed by atoms with Crippen molar-refractivity contribution < 1.29 is 19.1 Å². The highest BCUT2D eigenvalue weighted by molar-refractivity contribution is 6.31. The van der Waals surface area contributed by atoms with Crippen molar-refractivity contribution in [2.75, 3.05) is 12.4 Å². The Labute approximate surface area is 156 Å². The van der Waals surface area contributed by atoms with E-state index >= 15 is 0 Å². The molecule has 0 aliphatic rings. The molecule has 2 aromatic rings. The topological polar surface area (TPSA) is 84.5 Å². The molecule has 0 bridgehead atoms. The minimum Gasteiger partial charge on any atom is -0.467 e. The molecule has 136 valence electrons. The van der Waals surface area contributed by atoms with Crippen LogP contribution in [0.3, 0.4) is 0 Å². The number of anilines is 1. The van der Waals surface area contributed by atoms with Crippen molar-refractivity contribution in [2.45, 2.75) is 19.4 Å². The third kappa shape index (κ3) is 5.07. The monoisotopic (exact) mass is 374 g/mol. The average Bonchev–Trinajstić information content (AvgIpc) is 2.62. The van der Waals surface area contributed by atoms with Crippen LogP contribution in [0.5, 0.6) is 0 Å². The SMILES string of the molecule is COC(=O)[C@H](Cc1ccccc1Cl)NC(=O)c1ccccc1NC(C)=O. The summed E-state index contributed by atoms with van der Waals surface area (Å²) in [5.74, 6) is -1.39. The Bertz CT molecular complexity index is 823. The van der Waals surface area contributed by atoms with Gasteiger partial charge in [0, 0.05) is 18.4 Å². The minimum atomic E-state index is -0.919. The lowest BCUT2D eigenvalue weighted by atomic mass is 10.0. The summed E-state index contributed by atoms with van der Waals surface area (Å²) < 4.78 is 4.79. The largest absolute Gasteiger partial charge is 0.467 e. The summed E-state index contributed by atoms with van der Waals surface area (Å²) in [5, 5.41) is 5.74. The van der Waals surface area contributed by atoms with Crippen LogP contribution in [0.15, 0.2) is 48.5 Å². The minimum absolute atomic E-state index is 0.181. The Kier molecular flexibility index (Phi) is 6.74. The van der Waals surface area contributed by atoms with E-state index in [9.17, 15) is 14.4 Å². The first kappa shape index (κ1) is 19.5. The Morgan fingerprint density at radius 1 is 1.08 bits per heavy atom. The van der Waals surface area contributed by atoms with Crippen molar-refractivity contribution in [2.24, 2.45) is 0 Å². The average molecular weight is 375 g/mol. The van der Waals surface area contributed by atoms with Crippen LogP contribution >= 0.6 is 11.6 Å². The zero-order valence-electron chi connectivity index (χ0n) is 14.4. The molecule has 0 fully saturated rings. The van der Waals surface area contributed by atoms with Crippen LogP contribution in [-0.4, -0.2) is 30.9 Å². The van der Waals surface area contributed by atoms with E-state index in [-0.39, 0.29) is 17.9 Å². The number of esters is 1. The summed E-state index contributed by atoms with van der Waals surface area (Å²) in [4.78, 5) is 36.1. The molecule has 2 aromatic carbocycles. The van der Waals surface area contributed by atoms with Crippen LogP contribution in [0, 0.1) is 0 Å². The van der Waals surface area contributed by atoms with Gasteiger partial charge in [-0.1, -0.05) is 41.9 Å². The molecule has 0 aliphatic carbocycles. The van der Waals surface area contributed by atoms with Gasteiger partial charge in [0.05, 0.1) is 18.4 Å². The summed E-state index contributed by atoms with van der Waals surface area (Å²) in [5.41, 5.74) is 1.31. The van der Waals surface area contributed by atoms with Crippen LogP contribution in [0.25, 0.3) is 0 Å². The molecule has 0 radical (unpaired) electrons. The van der Waals surface area contributed by atoms with Gasteiger partial charge in [-0.2, -0.15) is 0 Å². The van der Waals surface area contributed by atoms with E-state index in [1.807, 2.05) is 0 Å². The van der Waals surface area contributed by atoms with Gasteiger partial charge in [-0.25, -0.2) is 4.79 Å². The van der Waals surface area contributed by atoms with Crippen molar-refractivity contribution in [1.29, 1.82) is 0 Å². The smallest absolute Gasteiger partial charge is 0.328 e. The normalized spacial score (nSPS) is 11.3. The summed E-state index contributed by atoms with van der Waals surface area (Å²) in [6.45, 7) is 1.35. The van der Waals surface area contributed by atoms with Gasteiger partial charge in [0.1, 0.15) is 6.04 Å². The molecule has 0 heterocycles. The first-order valence-electron chi connectivity index (χ1n) is 7.91. The van der Waals surface area contributed by atoms with Gasteiger partial charge < -0.3 is 15.4 Å². The van der Waals surface area contributed by atoms with Crippen molar-refractivity contribution in [3.63, 3.8) is 0 Å². The van der Waals surface area contributed by atoms with E-state index in [4.69, 9.17) is 16.3 Å². The van der Waals surface area contributed by atoms with Crippen LogP contribution in [-0.2, 0) is 20.7 Å². The van der Waals surface area contributed by atoms with E-state index < -0.39 is 17.9 Å². The van der Waals surface area contributed by atoms with E-state index in [1.165, 1.54) is 14.0 Å². The number of carbonyl (C=O) groups is 3. The van der Waals surface area contributed by atoms with Crippen LogP contribution in [0.1, 0.15) is 22.8 Å². The molecule has 6 nitrogen and oxygen atoms in total. The van der Waals surface area contributed by atoms with Crippen molar-refractivity contribution in [3.05, 3.63) is 64.7 Å². The third-order valence-electron chi connectivity index (χ3n) is 3.66. The van der Waals surface area contributed by atoms with E-state index in [0.29, 0.717) is 16.3 Å². The number of halogens is 1. The van der Waals surface area contributed by atoms with Gasteiger partial charge in [0.25, 0.3) is 5.91 Å². The van der Waals surface area contributed by atoms with Crippen LogP contribution < -0.4 is 10.6 Å². The lowest BCUT2D eigenvalue weighted by Crippen LogP contribution is -2.43. The second-order valence-electron chi connectivity index (χ2n) is 5.57. The second-order valence-corrected chi connectivity index (χ2v) is 5.98. The summed E-state index contributed by atoms with van der Waals surface area (Å²) in [7, 11) is 1.25. The summed E-state index contributed by atoms with van der Waals surface area (Å²) in [6, 6.07) is 12.7. The molecule has 0 aromatic heterocycles. The Hall–Kier alpha value is -2.86. The van der Waals surface area contributed by atoms with Crippen LogP contribution in [0.2, 0.25) is 5.02 Å². The first-order valence-corrected chi connectivity index (χ1v) is 8.29. The number of para-hydroxylation sites is 1. The molecule has 2 rings (SSSR count). The molecule has 0 saturated carbocycles. The van der Waals surface area contributed by atoms with Crippen LogP contribution in [0.4, 0.5) is 5.69 Å². The standard InChI is InChI=1S/C19H19ClN2O4/c1-12(23)21-16-10-6-4-8-14(16)18(24)22-17(19(25)26-2)11-13-7-3-5-9-15(13)20/h3-10,17H,11H2,1-2H3,(H,21,23)(H,22,24)/t17-/m0/s1. The number of benzene rings is 2. The van der Waals surface area contributed by atoms with E-state index in [2.05, 4.69) is 10.6 Å². The number of methoxy groups -OCH3 is 1. The molecule has 7 heteroatoms. The fraction of sp³-hybridized carbons (Fsp3) is 0.211. The van der Waals surface area contributed by atoms with Gasteiger partial charge in [-0.05, 0) is 23.8 Å². The fourth-order valence-electron chi connectivity index (χ4n) is 2.44. The lowest BCUT2D eigenvalue weighted by molar-refractivity contribution is -0.142. The predicted octanol–water partition coefficient (Wildman–Crippen LogP) is 2.81. The number of amides is 2. The quantitative estimate of drug-likeness (QED) is 0.761. The second kappa shape index (κ2) is 9.01. The summed E-state index contributed by atoms with van der Waals surface area (Å²) in [6.07, 6.45) is 0.181. The molecule has 0 saturated heterocycles. The molecule has 0 spiro atoms. The molecule has 0 unspecified atom stereocenters. The van der Waals surface area contributed by atoms with Crippen molar-refractivity contribution in [3.8, 4) is 0 Å². The summed E-state index contributed by atoms with van der Waals surface area (Å²) >= 11 is 6.14. The highest BCUT2D eigenvalue weighted by atomic mass is 35.5. The third-order valence-corrected chi connectivity index (χ3v) is 4.02. The molecule has 0 aliphatic heterocycles. The maximum absolute atomic E-state index is 12.6. The zero-order valence-corrected chi connectivity index (χ0v) is 15.2. The number of hydrogen-bond acceptors (Lipinski definition) is 4. The first-order chi connectivity index (χ1) is 12.4. The number of hydrogen-bond donors (Lipinski definition) is 2. The number of ether oxygens (including phenoxy) is 1. The van der Waals surface area contributed by atoms with Gasteiger partial charge in [0.15, 0.2) is 0 Å². The predicted molar refractivity (Wildman–Crippen MR) is 99.2 cm³/mol. The van der Waals surface area contributed by atoms with Crippen molar-refractivity contribution >= 4 is 35.1 Å². The number of rotatable bonds is 6. The zero-order chi connectivity index (χ0) is 19.1. The Morgan fingerprint density at radius 2 is 1.73 bits per heavy atom. The molecule has 26 heavy (non-hydrogen) atoms. The number of nitrogens with one attached hydrogen (secondary N) is 2. The molecular formula is C19H19ClN2O4. The van der Waals surface area contributed by atoms with E-state index in [0.717, 1.165) is 0 Å². The van der Waals surface area contributed by atoms with Gasteiger partial charge >= 0.3 is 5.97 Å². The maximum atomic E-state index is 12.6.